The maximum Gasteiger partial charge on any atom is 0.0251 e. The molecular formula is C22H43N3. The van der Waals surface area contributed by atoms with Gasteiger partial charge in [-0.05, 0) is 58.9 Å². The second-order valence-electron chi connectivity index (χ2n) is 9.50. The van der Waals surface area contributed by atoms with Crippen LogP contribution in [-0.2, 0) is 0 Å². The van der Waals surface area contributed by atoms with Crippen LogP contribution in [0.1, 0.15) is 60.8 Å². The maximum absolute atomic E-state index is 4.27. The average Bonchev–Trinajstić information content (AvgIpc) is 2.94. The first kappa shape index (κ1) is 20.9. The van der Waals surface area contributed by atoms with E-state index in [0.717, 1.165) is 18.4 Å². The molecule has 0 radical (unpaired) electrons. The molecule has 3 heteroatoms. The average molecular weight is 350 g/mol. The van der Waals surface area contributed by atoms with Crippen molar-refractivity contribution in [3.05, 3.63) is 12.2 Å². The fourth-order valence-electron chi connectivity index (χ4n) is 4.93. The van der Waals surface area contributed by atoms with Crippen LogP contribution in [0.2, 0.25) is 0 Å². The Hall–Kier alpha value is -0.380. The highest BCUT2D eigenvalue weighted by Gasteiger charge is 2.34. The van der Waals surface area contributed by atoms with Crippen molar-refractivity contribution in [1.29, 1.82) is 0 Å². The lowest BCUT2D eigenvalue weighted by molar-refractivity contribution is 0.0301. The molecule has 2 heterocycles. The van der Waals surface area contributed by atoms with E-state index in [1.54, 1.807) is 0 Å². The quantitative estimate of drug-likeness (QED) is 0.641. The minimum absolute atomic E-state index is 0.658. The summed E-state index contributed by atoms with van der Waals surface area (Å²) in [4.78, 5) is 7.99. The van der Waals surface area contributed by atoms with E-state index in [1.807, 2.05) is 0 Å². The van der Waals surface area contributed by atoms with Crippen LogP contribution in [0, 0.1) is 11.8 Å². The molecule has 0 N–H and O–H groups in total. The SMILES string of the molecule is C=C1C[C@@H](C(C)C)N(C(C)CCC(C)C2CN(C)CCN2C(C)C)C1. The van der Waals surface area contributed by atoms with Gasteiger partial charge in [-0.15, -0.1) is 0 Å². The van der Waals surface area contributed by atoms with Crippen LogP contribution in [0.15, 0.2) is 12.2 Å². The van der Waals surface area contributed by atoms with Crippen LogP contribution in [0.5, 0.6) is 0 Å². The van der Waals surface area contributed by atoms with Crippen molar-refractivity contribution >= 4 is 0 Å². The van der Waals surface area contributed by atoms with E-state index in [9.17, 15) is 0 Å². The van der Waals surface area contributed by atoms with Gasteiger partial charge in [-0.3, -0.25) is 9.80 Å². The van der Waals surface area contributed by atoms with Crippen LogP contribution in [0.3, 0.4) is 0 Å². The highest BCUT2D eigenvalue weighted by atomic mass is 15.3. The van der Waals surface area contributed by atoms with E-state index >= 15 is 0 Å². The van der Waals surface area contributed by atoms with Gasteiger partial charge in [-0.2, -0.15) is 0 Å². The fraction of sp³-hybridized carbons (Fsp3) is 0.909. The van der Waals surface area contributed by atoms with Crippen molar-refractivity contribution in [2.45, 2.75) is 85.0 Å². The highest BCUT2D eigenvalue weighted by Crippen LogP contribution is 2.31. The largest absolute Gasteiger partial charge is 0.304 e. The summed E-state index contributed by atoms with van der Waals surface area (Å²) in [5.74, 6) is 1.48. The molecule has 25 heavy (non-hydrogen) atoms. The molecule has 0 aliphatic carbocycles. The van der Waals surface area contributed by atoms with Crippen LogP contribution >= 0.6 is 0 Å². The Bertz CT molecular complexity index is 431. The van der Waals surface area contributed by atoms with Crippen LogP contribution < -0.4 is 0 Å². The lowest BCUT2D eigenvalue weighted by Crippen LogP contribution is -2.56. The monoisotopic (exact) mass is 349 g/mol. The third-order valence-corrected chi connectivity index (χ3v) is 6.69. The second kappa shape index (κ2) is 9.01. The number of hydrogen-bond acceptors (Lipinski definition) is 3. The minimum Gasteiger partial charge on any atom is -0.304 e. The molecule has 0 spiro atoms. The Morgan fingerprint density at radius 3 is 2.24 bits per heavy atom. The molecule has 0 aromatic carbocycles. The zero-order valence-electron chi connectivity index (χ0n) is 18.0. The van der Waals surface area contributed by atoms with Gasteiger partial charge in [0.15, 0.2) is 0 Å². The number of likely N-dealkylation sites (tertiary alicyclic amines) is 1. The van der Waals surface area contributed by atoms with E-state index in [4.69, 9.17) is 0 Å². The van der Waals surface area contributed by atoms with Gasteiger partial charge in [0.2, 0.25) is 0 Å². The van der Waals surface area contributed by atoms with Gasteiger partial charge in [-0.1, -0.05) is 32.9 Å². The smallest absolute Gasteiger partial charge is 0.0251 e. The second-order valence-corrected chi connectivity index (χ2v) is 9.50. The first-order chi connectivity index (χ1) is 11.7. The van der Waals surface area contributed by atoms with Gasteiger partial charge in [0, 0.05) is 50.3 Å². The van der Waals surface area contributed by atoms with Crippen molar-refractivity contribution < 1.29 is 0 Å². The summed E-state index contributed by atoms with van der Waals surface area (Å²) in [5.41, 5.74) is 1.43. The van der Waals surface area contributed by atoms with Crippen molar-refractivity contribution in [3.8, 4) is 0 Å². The molecule has 3 nitrogen and oxygen atoms in total. The molecule has 2 aliphatic heterocycles. The van der Waals surface area contributed by atoms with Gasteiger partial charge in [0.25, 0.3) is 0 Å². The third kappa shape index (κ3) is 5.30. The standard InChI is InChI=1S/C22H43N3/c1-16(2)21-13-18(5)14-25(21)20(7)10-9-19(6)22-15-23(8)11-12-24(22)17(3)4/h16-17,19-22H,5,9-15H2,1-4,6-8H3/t19?,20?,21-,22?/m0/s1. The number of hydrogen-bond donors (Lipinski definition) is 0. The van der Waals surface area contributed by atoms with E-state index in [0.29, 0.717) is 24.2 Å². The van der Waals surface area contributed by atoms with Gasteiger partial charge < -0.3 is 4.90 Å². The first-order valence-electron chi connectivity index (χ1n) is 10.6. The predicted octanol–water partition coefficient (Wildman–Crippen LogP) is 4.10. The molecular weight excluding hydrogens is 306 g/mol. The molecule has 0 aromatic rings. The van der Waals surface area contributed by atoms with E-state index in [1.165, 1.54) is 44.5 Å². The topological polar surface area (TPSA) is 9.72 Å². The molecule has 0 saturated carbocycles. The molecule has 0 amide bonds. The van der Waals surface area contributed by atoms with E-state index < -0.39 is 0 Å². The summed E-state index contributed by atoms with van der Waals surface area (Å²) in [6.45, 7) is 23.4. The molecule has 3 unspecified atom stereocenters. The number of rotatable bonds is 7. The number of nitrogens with zero attached hydrogens (tertiary/aromatic N) is 3. The maximum atomic E-state index is 4.27. The summed E-state index contributed by atoms with van der Waals surface area (Å²) < 4.78 is 0. The lowest BCUT2D eigenvalue weighted by atomic mass is 9.90. The molecule has 4 atom stereocenters. The molecule has 0 bridgehead atoms. The van der Waals surface area contributed by atoms with Crippen molar-refractivity contribution in [3.63, 3.8) is 0 Å². The highest BCUT2D eigenvalue weighted by molar-refractivity contribution is 5.09. The lowest BCUT2D eigenvalue weighted by Gasteiger charge is -2.45. The first-order valence-corrected chi connectivity index (χ1v) is 10.6. The predicted molar refractivity (Wildman–Crippen MR) is 110 cm³/mol. The Labute approximate surface area is 157 Å². The van der Waals surface area contributed by atoms with Crippen molar-refractivity contribution in [1.82, 2.24) is 14.7 Å². The summed E-state index contributed by atoms with van der Waals surface area (Å²) in [6.07, 6.45) is 3.84. The third-order valence-electron chi connectivity index (χ3n) is 6.69. The minimum atomic E-state index is 0.658. The molecule has 2 fully saturated rings. The molecule has 2 saturated heterocycles. The Kier molecular flexibility index (Phi) is 7.54. The van der Waals surface area contributed by atoms with Gasteiger partial charge in [0.05, 0.1) is 0 Å². The van der Waals surface area contributed by atoms with Gasteiger partial charge in [0.1, 0.15) is 0 Å². The fourth-order valence-corrected chi connectivity index (χ4v) is 4.93. The Morgan fingerprint density at radius 2 is 1.64 bits per heavy atom. The summed E-state index contributed by atoms with van der Waals surface area (Å²) in [5, 5.41) is 0. The van der Waals surface area contributed by atoms with Crippen molar-refractivity contribution in [2.75, 3.05) is 33.2 Å². The molecule has 146 valence electrons. The number of piperazine rings is 1. The van der Waals surface area contributed by atoms with Gasteiger partial charge in [-0.25, -0.2) is 0 Å². The van der Waals surface area contributed by atoms with Gasteiger partial charge >= 0.3 is 0 Å². The van der Waals surface area contributed by atoms with E-state index in [-0.39, 0.29) is 0 Å². The van der Waals surface area contributed by atoms with Crippen LogP contribution in [-0.4, -0.2) is 72.1 Å². The Morgan fingerprint density at radius 1 is 0.960 bits per heavy atom. The summed E-state index contributed by atoms with van der Waals surface area (Å²) >= 11 is 0. The normalized spacial score (nSPS) is 29.7. The van der Waals surface area contributed by atoms with Crippen LogP contribution in [0.25, 0.3) is 0 Å². The molecule has 0 aromatic heterocycles. The summed E-state index contributed by atoms with van der Waals surface area (Å²) in [7, 11) is 2.28. The van der Waals surface area contributed by atoms with Crippen LogP contribution in [0.4, 0.5) is 0 Å². The zero-order valence-corrected chi connectivity index (χ0v) is 18.0. The Balaban J connectivity index is 1.91. The molecule has 2 aliphatic rings. The van der Waals surface area contributed by atoms with Crippen molar-refractivity contribution in [2.24, 2.45) is 11.8 Å². The van der Waals surface area contributed by atoms with E-state index in [2.05, 4.69) is 69.9 Å². The number of likely N-dealkylation sites (N-methyl/N-ethyl adjacent to an activating group) is 1. The summed E-state index contributed by atoms with van der Waals surface area (Å²) in [6, 6.07) is 2.74. The zero-order chi connectivity index (χ0) is 18.7. The molecule has 2 rings (SSSR count).